The summed E-state index contributed by atoms with van der Waals surface area (Å²) in [4.78, 5) is 28.4. The van der Waals surface area contributed by atoms with Crippen LogP contribution < -0.4 is 4.90 Å². The van der Waals surface area contributed by atoms with Crippen LogP contribution in [0.1, 0.15) is 52.0 Å². The Hall–Kier alpha value is -1.40. The summed E-state index contributed by atoms with van der Waals surface area (Å²) in [5.74, 6) is -0.790. The SMILES string of the molecule is CN1c2ccc(Br)cc2C2C1C1(C(=O)OC(C)(C)C)OC2(C)CCC1=O. The molecular weight excluding hydrogens is 398 g/mol. The summed E-state index contributed by atoms with van der Waals surface area (Å²) in [5.41, 5.74) is -0.662. The average molecular weight is 422 g/mol. The number of ether oxygens (including phenoxy) is 2. The van der Waals surface area contributed by atoms with Gasteiger partial charge in [0.05, 0.1) is 11.6 Å². The number of nitrogens with zero attached hydrogens (tertiary/aromatic N) is 1. The fraction of sp³-hybridized carbons (Fsp3) is 0.600. The van der Waals surface area contributed by atoms with E-state index in [2.05, 4.69) is 22.0 Å². The molecule has 2 saturated heterocycles. The molecule has 4 rings (SSSR count). The lowest BCUT2D eigenvalue weighted by Gasteiger charge is -2.40. The van der Waals surface area contributed by atoms with Gasteiger partial charge in [-0.15, -0.1) is 0 Å². The Morgan fingerprint density at radius 3 is 2.73 bits per heavy atom. The van der Waals surface area contributed by atoms with Gasteiger partial charge in [-0.25, -0.2) is 4.79 Å². The van der Waals surface area contributed by atoms with Crippen molar-refractivity contribution in [3.63, 3.8) is 0 Å². The van der Waals surface area contributed by atoms with Crippen LogP contribution in [0.3, 0.4) is 0 Å². The molecule has 2 fully saturated rings. The van der Waals surface area contributed by atoms with E-state index in [0.717, 1.165) is 15.7 Å². The first-order chi connectivity index (χ1) is 12.0. The van der Waals surface area contributed by atoms with E-state index in [0.29, 0.717) is 12.8 Å². The minimum atomic E-state index is -1.56. The lowest BCUT2D eigenvalue weighted by Crippen LogP contribution is -2.62. The maximum atomic E-state index is 13.2. The number of ketones is 1. The van der Waals surface area contributed by atoms with Crippen molar-refractivity contribution in [2.75, 3.05) is 11.9 Å². The largest absolute Gasteiger partial charge is 0.457 e. The first-order valence-corrected chi connectivity index (χ1v) is 9.78. The molecule has 3 aliphatic heterocycles. The number of rotatable bonds is 1. The summed E-state index contributed by atoms with van der Waals surface area (Å²) in [7, 11) is 1.93. The second-order valence-electron chi connectivity index (χ2n) is 8.81. The Labute approximate surface area is 162 Å². The Kier molecular flexibility index (Phi) is 3.68. The van der Waals surface area contributed by atoms with Crippen molar-refractivity contribution in [2.45, 2.75) is 69.3 Å². The summed E-state index contributed by atoms with van der Waals surface area (Å²) >= 11 is 3.55. The summed E-state index contributed by atoms with van der Waals surface area (Å²) < 4.78 is 13.0. The second kappa shape index (κ2) is 5.32. The number of halogens is 1. The Morgan fingerprint density at radius 2 is 2.08 bits per heavy atom. The molecule has 4 unspecified atom stereocenters. The molecule has 3 aliphatic rings. The molecule has 2 bridgehead atoms. The maximum Gasteiger partial charge on any atom is 0.349 e. The molecule has 1 aromatic rings. The first-order valence-electron chi connectivity index (χ1n) is 8.99. The van der Waals surface area contributed by atoms with Gasteiger partial charge in [-0.1, -0.05) is 15.9 Å². The number of hydrogen-bond acceptors (Lipinski definition) is 5. The molecule has 3 heterocycles. The number of fused-ring (bicyclic) bond motifs is 7. The monoisotopic (exact) mass is 421 g/mol. The summed E-state index contributed by atoms with van der Waals surface area (Å²) in [6.45, 7) is 7.45. The van der Waals surface area contributed by atoms with Crippen LogP contribution in [0.25, 0.3) is 0 Å². The molecular formula is C20H24BrNO4. The van der Waals surface area contributed by atoms with E-state index in [1.807, 2.05) is 51.8 Å². The third-order valence-corrected chi connectivity index (χ3v) is 6.36. The van der Waals surface area contributed by atoms with Crippen LogP contribution in [0.2, 0.25) is 0 Å². The van der Waals surface area contributed by atoms with E-state index in [4.69, 9.17) is 9.47 Å². The van der Waals surface area contributed by atoms with E-state index >= 15 is 0 Å². The third-order valence-electron chi connectivity index (χ3n) is 5.87. The number of hydrogen-bond donors (Lipinski definition) is 0. The summed E-state index contributed by atoms with van der Waals surface area (Å²) in [6.07, 6.45) is 0.942. The minimum Gasteiger partial charge on any atom is -0.457 e. The number of esters is 1. The highest BCUT2D eigenvalue weighted by Crippen LogP contribution is 2.61. The second-order valence-corrected chi connectivity index (χ2v) is 9.73. The van der Waals surface area contributed by atoms with Gasteiger partial charge in [0.1, 0.15) is 5.60 Å². The van der Waals surface area contributed by atoms with Crippen molar-refractivity contribution >= 4 is 33.4 Å². The van der Waals surface area contributed by atoms with Crippen LogP contribution in [-0.4, -0.2) is 41.6 Å². The highest BCUT2D eigenvalue weighted by Gasteiger charge is 2.74. The molecule has 0 radical (unpaired) electrons. The zero-order valence-electron chi connectivity index (χ0n) is 15.8. The summed E-state index contributed by atoms with van der Waals surface area (Å²) in [6, 6.07) is 5.71. The topological polar surface area (TPSA) is 55.8 Å². The van der Waals surface area contributed by atoms with Crippen LogP contribution in [0.4, 0.5) is 5.69 Å². The fourth-order valence-electron chi connectivity index (χ4n) is 4.91. The minimum absolute atomic E-state index is 0.0565. The van der Waals surface area contributed by atoms with Crippen molar-refractivity contribution in [1.29, 1.82) is 0 Å². The molecule has 0 aliphatic carbocycles. The van der Waals surface area contributed by atoms with E-state index in [1.54, 1.807) is 0 Å². The Morgan fingerprint density at radius 1 is 1.38 bits per heavy atom. The molecule has 0 saturated carbocycles. The van der Waals surface area contributed by atoms with Crippen LogP contribution >= 0.6 is 15.9 Å². The van der Waals surface area contributed by atoms with E-state index in [9.17, 15) is 9.59 Å². The Balaban J connectivity index is 1.89. The number of Topliss-reactive ketones (excluding diaryl/α,β-unsaturated/α-hetero) is 1. The predicted molar refractivity (Wildman–Crippen MR) is 101 cm³/mol. The molecule has 4 atom stereocenters. The quantitative estimate of drug-likeness (QED) is 0.512. The van der Waals surface area contributed by atoms with Crippen LogP contribution in [-0.2, 0) is 19.1 Å². The van der Waals surface area contributed by atoms with Gasteiger partial charge in [-0.2, -0.15) is 0 Å². The lowest BCUT2D eigenvalue weighted by molar-refractivity contribution is -0.199. The van der Waals surface area contributed by atoms with Gasteiger partial charge in [0, 0.05) is 29.5 Å². The smallest absolute Gasteiger partial charge is 0.349 e. The molecule has 5 nitrogen and oxygen atoms in total. The van der Waals surface area contributed by atoms with Gasteiger partial charge in [0.2, 0.25) is 5.60 Å². The first kappa shape index (κ1) is 18.0. The van der Waals surface area contributed by atoms with Crippen LogP contribution in [0.5, 0.6) is 0 Å². The molecule has 26 heavy (non-hydrogen) atoms. The van der Waals surface area contributed by atoms with Gasteiger partial charge < -0.3 is 14.4 Å². The molecule has 0 aromatic heterocycles. The van der Waals surface area contributed by atoms with Crippen molar-refractivity contribution in [3.05, 3.63) is 28.2 Å². The number of carbonyl (C=O) groups excluding carboxylic acids is 2. The van der Waals surface area contributed by atoms with Crippen molar-refractivity contribution in [2.24, 2.45) is 0 Å². The van der Waals surface area contributed by atoms with Gasteiger partial charge in [-0.05, 0) is 57.9 Å². The molecule has 140 valence electrons. The number of likely N-dealkylation sites (N-methyl/N-ethyl adjacent to an activating group) is 1. The van der Waals surface area contributed by atoms with E-state index in [1.165, 1.54) is 0 Å². The van der Waals surface area contributed by atoms with Gasteiger partial charge in [0.15, 0.2) is 5.78 Å². The van der Waals surface area contributed by atoms with Crippen molar-refractivity contribution in [3.8, 4) is 0 Å². The summed E-state index contributed by atoms with van der Waals surface area (Å²) in [5, 5.41) is 0. The predicted octanol–water partition coefficient (Wildman–Crippen LogP) is 3.58. The number of carbonyl (C=O) groups is 2. The van der Waals surface area contributed by atoms with Gasteiger partial charge in [-0.3, -0.25) is 4.79 Å². The Bertz CT molecular complexity index is 817. The van der Waals surface area contributed by atoms with Crippen LogP contribution in [0.15, 0.2) is 22.7 Å². The zero-order valence-corrected chi connectivity index (χ0v) is 17.3. The van der Waals surface area contributed by atoms with Crippen molar-refractivity contribution in [1.82, 2.24) is 0 Å². The molecule has 1 aromatic carbocycles. The highest BCUT2D eigenvalue weighted by molar-refractivity contribution is 9.10. The highest BCUT2D eigenvalue weighted by atomic mass is 79.9. The normalized spacial score (nSPS) is 35.3. The number of anilines is 1. The van der Waals surface area contributed by atoms with Crippen LogP contribution in [0, 0.1) is 0 Å². The van der Waals surface area contributed by atoms with Gasteiger partial charge in [0.25, 0.3) is 0 Å². The molecule has 0 amide bonds. The lowest BCUT2D eigenvalue weighted by atomic mass is 9.79. The standard InChI is InChI=1S/C20H24BrNO4/c1-18(2,3)25-17(24)20-14(23)8-9-19(4,26-20)15-12-10-11(21)6-7-13(12)22(5)16(15)20/h6-7,10,15-16H,8-9H2,1-5H3. The van der Waals surface area contributed by atoms with E-state index in [-0.39, 0.29) is 17.7 Å². The number of benzene rings is 1. The third kappa shape index (κ3) is 2.24. The van der Waals surface area contributed by atoms with Crippen molar-refractivity contribution < 1.29 is 19.1 Å². The van der Waals surface area contributed by atoms with E-state index < -0.39 is 22.8 Å². The fourth-order valence-corrected chi connectivity index (χ4v) is 5.29. The zero-order chi connectivity index (χ0) is 19.1. The molecule has 0 spiro atoms. The average Bonchev–Trinajstić information content (AvgIpc) is 2.94. The van der Waals surface area contributed by atoms with Gasteiger partial charge >= 0.3 is 5.97 Å². The molecule has 6 heteroatoms. The molecule has 0 N–H and O–H groups in total. The maximum absolute atomic E-state index is 13.2.